The van der Waals surface area contributed by atoms with E-state index in [-0.39, 0.29) is 0 Å². The zero-order valence-electron chi connectivity index (χ0n) is 11.0. The van der Waals surface area contributed by atoms with Crippen LogP contribution >= 0.6 is 23.1 Å². The number of imidazole rings is 1. The second-order valence-electron chi connectivity index (χ2n) is 4.58. The summed E-state index contributed by atoms with van der Waals surface area (Å²) in [6.07, 6.45) is 3.93. The predicted octanol–water partition coefficient (Wildman–Crippen LogP) is 4.23. The third-order valence-electron chi connectivity index (χ3n) is 3.13. The van der Waals surface area contributed by atoms with Gasteiger partial charge in [0.15, 0.2) is 10.1 Å². The van der Waals surface area contributed by atoms with E-state index < -0.39 is 0 Å². The summed E-state index contributed by atoms with van der Waals surface area (Å²) in [4.78, 5) is 5.47. The highest BCUT2D eigenvalue weighted by molar-refractivity contribution is 8.00. The first-order chi connectivity index (χ1) is 9.72. The van der Waals surface area contributed by atoms with Crippen molar-refractivity contribution in [3.63, 3.8) is 0 Å². The lowest BCUT2D eigenvalue weighted by Crippen LogP contribution is -1.79. The average Bonchev–Trinajstić information content (AvgIpc) is 3.08. The number of hydrogen-bond acceptors (Lipinski definition) is 5. The Hall–Kier alpha value is -1.79. The molecule has 0 N–H and O–H groups in total. The van der Waals surface area contributed by atoms with Crippen molar-refractivity contribution >= 4 is 39.0 Å². The molecule has 0 amide bonds. The zero-order chi connectivity index (χ0) is 13.7. The number of thioether (sulfide) groups is 1. The molecule has 0 bridgehead atoms. The van der Waals surface area contributed by atoms with Crippen molar-refractivity contribution in [1.29, 1.82) is 0 Å². The predicted molar refractivity (Wildman–Crippen MR) is 82.6 cm³/mol. The molecule has 6 heteroatoms. The van der Waals surface area contributed by atoms with Gasteiger partial charge in [-0.2, -0.15) is 0 Å². The molecule has 4 rings (SSSR count). The molecule has 0 radical (unpaired) electrons. The largest absolute Gasteiger partial charge is 0.454 e. The molecule has 0 aliphatic rings. The van der Waals surface area contributed by atoms with E-state index in [9.17, 15) is 0 Å². The van der Waals surface area contributed by atoms with Crippen molar-refractivity contribution in [2.75, 3.05) is 6.26 Å². The topological polar surface area (TPSA) is 43.3 Å². The number of hydrogen-bond donors (Lipinski definition) is 0. The third kappa shape index (κ3) is 1.83. The van der Waals surface area contributed by atoms with E-state index in [0.29, 0.717) is 0 Å². The van der Waals surface area contributed by atoms with Gasteiger partial charge in [-0.1, -0.05) is 35.2 Å². The minimum Gasteiger partial charge on any atom is -0.454 e. The van der Waals surface area contributed by atoms with E-state index in [1.807, 2.05) is 29.1 Å². The fourth-order valence-corrected chi connectivity index (χ4v) is 3.49. The summed E-state index contributed by atoms with van der Waals surface area (Å²) in [5.74, 6) is 0.786. The first-order valence-electron chi connectivity index (χ1n) is 6.14. The number of aromatic nitrogens is 3. The summed E-state index contributed by atoms with van der Waals surface area (Å²) < 4.78 is 8.71. The Bertz CT molecular complexity index is 888. The number of nitrogens with zero attached hydrogens (tertiary/aromatic N) is 3. The maximum Gasteiger partial charge on any atom is 0.213 e. The summed E-state index contributed by atoms with van der Waals surface area (Å²) in [6.45, 7) is 2.06. The van der Waals surface area contributed by atoms with Crippen LogP contribution in [0.15, 0.2) is 39.2 Å². The highest BCUT2D eigenvalue weighted by Gasteiger charge is 2.13. The molecular weight excluding hydrogens is 290 g/mol. The lowest BCUT2D eigenvalue weighted by molar-refractivity contribution is 0.629. The van der Waals surface area contributed by atoms with Crippen LogP contribution < -0.4 is 0 Å². The first kappa shape index (κ1) is 12.0. The van der Waals surface area contributed by atoms with E-state index >= 15 is 0 Å². The quantitative estimate of drug-likeness (QED) is 0.520. The van der Waals surface area contributed by atoms with Crippen LogP contribution in [-0.2, 0) is 0 Å². The molecule has 0 saturated carbocycles. The van der Waals surface area contributed by atoms with Crippen molar-refractivity contribution in [3.8, 4) is 11.5 Å². The van der Waals surface area contributed by atoms with Crippen LogP contribution in [0.4, 0.5) is 0 Å². The molecule has 0 unspecified atom stereocenters. The van der Waals surface area contributed by atoms with Gasteiger partial charge in [0, 0.05) is 5.39 Å². The van der Waals surface area contributed by atoms with Crippen molar-refractivity contribution in [3.05, 3.63) is 36.0 Å². The van der Waals surface area contributed by atoms with Crippen LogP contribution in [0.25, 0.3) is 27.4 Å². The molecule has 0 saturated heterocycles. The Morgan fingerprint density at radius 1 is 1.30 bits per heavy atom. The maximum absolute atomic E-state index is 5.89. The molecule has 4 aromatic rings. The van der Waals surface area contributed by atoms with Crippen LogP contribution in [-0.4, -0.2) is 20.9 Å². The zero-order valence-corrected chi connectivity index (χ0v) is 12.6. The summed E-state index contributed by atoms with van der Waals surface area (Å²) in [5.41, 5.74) is 2.91. The Balaban J connectivity index is 1.84. The van der Waals surface area contributed by atoms with Crippen LogP contribution in [0.3, 0.4) is 0 Å². The molecule has 0 atom stereocenters. The Labute approximate surface area is 123 Å². The van der Waals surface area contributed by atoms with Crippen LogP contribution in [0.5, 0.6) is 0 Å². The maximum atomic E-state index is 5.89. The lowest BCUT2D eigenvalue weighted by atomic mass is 10.2. The van der Waals surface area contributed by atoms with Gasteiger partial charge in [0.1, 0.15) is 11.3 Å². The van der Waals surface area contributed by atoms with Gasteiger partial charge >= 0.3 is 0 Å². The smallest absolute Gasteiger partial charge is 0.213 e. The number of benzene rings is 1. The molecule has 100 valence electrons. The molecule has 3 heterocycles. The van der Waals surface area contributed by atoms with Gasteiger partial charge in [0.2, 0.25) is 4.96 Å². The fraction of sp³-hybridized carbons (Fsp3) is 0.143. The minimum atomic E-state index is 0.786. The van der Waals surface area contributed by atoms with E-state index in [1.165, 1.54) is 5.56 Å². The number of rotatable bonds is 2. The SMILES string of the molecule is CSc1nn2cc(-c3cc4ccc(C)cc4o3)nc2s1. The molecule has 0 fully saturated rings. The second-order valence-corrected chi connectivity index (χ2v) is 6.59. The summed E-state index contributed by atoms with van der Waals surface area (Å²) >= 11 is 3.21. The van der Waals surface area contributed by atoms with Gasteiger partial charge in [-0.15, -0.1) is 5.10 Å². The summed E-state index contributed by atoms with van der Waals surface area (Å²) in [6, 6.07) is 8.22. The monoisotopic (exact) mass is 301 g/mol. The molecule has 3 aromatic heterocycles. The highest BCUT2D eigenvalue weighted by Crippen LogP contribution is 2.30. The standard InChI is InChI=1S/C14H11N3OS2/c1-8-3-4-9-6-12(18-11(9)5-8)10-7-17-13(15-10)20-14(16-17)19-2/h3-7H,1-2H3. The van der Waals surface area contributed by atoms with Crippen LogP contribution in [0, 0.1) is 6.92 Å². The van der Waals surface area contributed by atoms with Crippen molar-refractivity contribution in [2.45, 2.75) is 11.3 Å². The molecule has 4 nitrogen and oxygen atoms in total. The molecule has 0 aliphatic carbocycles. The van der Waals surface area contributed by atoms with Crippen molar-refractivity contribution in [1.82, 2.24) is 14.6 Å². The third-order valence-corrected chi connectivity index (χ3v) is 5.03. The summed E-state index contributed by atoms with van der Waals surface area (Å²) in [7, 11) is 0. The Kier molecular flexibility index (Phi) is 2.61. The fourth-order valence-electron chi connectivity index (χ4n) is 2.15. The van der Waals surface area contributed by atoms with Gasteiger partial charge in [0.25, 0.3) is 0 Å². The number of furan rings is 1. The number of fused-ring (bicyclic) bond motifs is 2. The Morgan fingerprint density at radius 2 is 2.20 bits per heavy atom. The van der Waals surface area contributed by atoms with E-state index in [2.05, 4.69) is 29.1 Å². The minimum absolute atomic E-state index is 0.786. The van der Waals surface area contributed by atoms with E-state index in [1.54, 1.807) is 23.1 Å². The van der Waals surface area contributed by atoms with Gasteiger partial charge in [-0.3, -0.25) is 0 Å². The Morgan fingerprint density at radius 3 is 3.00 bits per heavy atom. The van der Waals surface area contributed by atoms with Gasteiger partial charge in [-0.05, 0) is 30.9 Å². The molecule has 0 aliphatic heterocycles. The van der Waals surface area contributed by atoms with Crippen LogP contribution in [0.1, 0.15) is 5.56 Å². The normalized spacial score (nSPS) is 11.7. The molecular formula is C14H11N3OS2. The summed E-state index contributed by atoms with van der Waals surface area (Å²) in [5, 5.41) is 5.54. The van der Waals surface area contributed by atoms with Crippen LogP contribution in [0.2, 0.25) is 0 Å². The van der Waals surface area contributed by atoms with Gasteiger partial charge < -0.3 is 4.42 Å². The number of aryl methyl sites for hydroxylation is 1. The van der Waals surface area contributed by atoms with Crippen molar-refractivity contribution < 1.29 is 4.42 Å². The highest BCUT2D eigenvalue weighted by atomic mass is 32.2. The first-order valence-corrected chi connectivity index (χ1v) is 8.18. The van der Waals surface area contributed by atoms with Gasteiger partial charge in [-0.25, -0.2) is 9.50 Å². The van der Waals surface area contributed by atoms with E-state index in [0.717, 1.165) is 31.7 Å². The molecule has 0 spiro atoms. The average molecular weight is 301 g/mol. The molecule has 1 aromatic carbocycles. The van der Waals surface area contributed by atoms with Crippen molar-refractivity contribution in [2.24, 2.45) is 0 Å². The molecule has 20 heavy (non-hydrogen) atoms. The lowest BCUT2D eigenvalue weighted by Gasteiger charge is -1.90. The van der Waals surface area contributed by atoms with Gasteiger partial charge in [0.05, 0.1) is 6.20 Å². The van der Waals surface area contributed by atoms with E-state index in [4.69, 9.17) is 4.42 Å². The second kappa shape index (κ2) is 4.36.